The highest BCUT2D eigenvalue weighted by Gasteiger charge is 2.16. The van der Waals surface area contributed by atoms with Gasteiger partial charge in [-0.05, 0) is 43.3 Å². The smallest absolute Gasteiger partial charge is 0.279 e. The monoisotopic (exact) mass is 314 g/mol. The highest BCUT2D eigenvalue weighted by atomic mass is 19.1. The van der Waals surface area contributed by atoms with Gasteiger partial charge < -0.3 is 10.5 Å². The Bertz CT molecular complexity index is 728. The molecule has 23 heavy (non-hydrogen) atoms. The number of halogens is 1. The second-order valence-electron chi connectivity index (χ2n) is 4.58. The average molecular weight is 314 g/mol. The van der Waals surface area contributed by atoms with Crippen LogP contribution in [0.3, 0.4) is 0 Å². The largest absolute Gasteiger partial charge is 0.410 e. The molecule has 0 heterocycles. The number of nitrogens with zero attached hydrogens (tertiary/aromatic N) is 2. The van der Waals surface area contributed by atoms with Crippen LogP contribution in [-0.4, -0.2) is 22.5 Å². The van der Waals surface area contributed by atoms with E-state index in [1.165, 1.54) is 31.2 Å². The van der Waals surface area contributed by atoms with E-state index in [1.54, 1.807) is 24.3 Å². The molecule has 0 aliphatic carbocycles. The van der Waals surface area contributed by atoms with Crippen molar-refractivity contribution in [3.63, 3.8) is 0 Å². The Morgan fingerprint density at radius 3 is 2.30 bits per heavy atom. The molecule has 0 spiro atoms. The maximum absolute atomic E-state index is 12.8. The first kappa shape index (κ1) is 16.2. The van der Waals surface area contributed by atoms with E-state index in [2.05, 4.69) is 21.0 Å². The predicted molar refractivity (Wildman–Crippen MR) is 87.4 cm³/mol. The van der Waals surface area contributed by atoms with Crippen molar-refractivity contribution >= 4 is 28.7 Å². The van der Waals surface area contributed by atoms with Crippen LogP contribution in [-0.2, 0) is 4.79 Å². The molecular weight excluding hydrogens is 299 g/mol. The molecule has 0 saturated carbocycles. The summed E-state index contributed by atoms with van der Waals surface area (Å²) in [5.41, 5.74) is 3.69. The molecule has 0 unspecified atom stereocenters. The molecule has 1 amide bonds. The summed E-state index contributed by atoms with van der Waals surface area (Å²) in [6.07, 6.45) is 0. The first-order chi connectivity index (χ1) is 11.1. The number of nitrogens with one attached hydrogen (secondary N) is 2. The van der Waals surface area contributed by atoms with Crippen LogP contribution in [0.25, 0.3) is 0 Å². The summed E-state index contributed by atoms with van der Waals surface area (Å²) in [5, 5.41) is 18.6. The lowest BCUT2D eigenvalue weighted by atomic mass is 10.2. The Balaban J connectivity index is 2.05. The van der Waals surface area contributed by atoms with Crippen molar-refractivity contribution in [3.05, 3.63) is 60.4 Å². The lowest BCUT2D eigenvalue weighted by molar-refractivity contribution is -0.110. The molecule has 0 saturated heterocycles. The van der Waals surface area contributed by atoms with Gasteiger partial charge in [0.2, 0.25) is 0 Å². The summed E-state index contributed by atoms with van der Waals surface area (Å²) in [6, 6.07) is 14.3. The maximum Gasteiger partial charge on any atom is 0.279 e. The van der Waals surface area contributed by atoms with Crippen LogP contribution in [0, 0.1) is 5.82 Å². The van der Waals surface area contributed by atoms with Gasteiger partial charge in [-0.3, -0.25) is 10.2 Å². The fourth-order valence-corrected chi connectivity index (χ4v) is 1.72. The van der Waals surface area contributed by atoms with Crippen LogP contribution in [0.2, 0.25) is 0 Å². The summed E-state index contributed by atoms with van der Waals surface area (Å²) in [4.78, 5) is 12.1. The molecule has 2 aromatic carbocycles. The van der Waals surface area contributed by atoms with Gasteiger partial charge in [0, 0.05) is 5.69 Å². The van der Waals surface area contributed by atoms with Crippen LogP contribution in [0.5, 0.6) is 0 Å². The van der Waals surface area contributed by atoms with Gasteiger partial charge >= 0.3 is 0 Å². The minimum atomic E-state index is -0.596. The zero-order chi connectivity index (χ0) is 16.7. The molecule has 2 aromatic rings. The molecule has 0 aliphatic rings. The van der Waals surface area contributed by atoms with E-state index in [0.717, 1.165) is 0 Å². The van der Waals surface area contributed by atoms with Crippen molar-refractivity contribution in [1.29, 1.82) is 0 Å². The third-order valence-corrected chi connectivity index (χ3v) is 2.89. The van der Waals surface area contributed by atoms with E-state index in [1.807, 2.05) is 6.07 Å². The molecule has 0 fully saturated rings. The number of carbonyl (C=O) groups is 1. The van der Waals surface area contributed by atoms with Crippen molar-refractivity contribution in [1.82, 2.24) is 0 Å². The zero-order valence-corrected chi connectivity index (χ0v) is 12.3. The minimum absolute atomic E-state index is 0.172. The number of hydrogen-bond donors (Lipinski definition) is 3. The van der Waals surface area contributed by atoms with Crippen LogP contribution < -0.4 is 10.7 Å². The number of rotatable bonds is 5. The minimum Gasteiger partial charge on any atom is -0.410 e. The van der Waals surface area contributed by atoms with Crippen molar-refractivity contribution < 1.29 is 14.4 Å². The number of amides is 1. The van der Waals surface area contributed by atoms with E-state index in [4.69, 9.17) is 5.21 Å². The molecule has 0 bridgehead atoms. The second-order valence-corrected chi connectivity index (χ2v) is 4.58. The first-order valence-electron chi connectivity index (χ1n) is 6.75. The van der Waals surface area contributed by atoms with Gasteiger partial charge in [-0.15, -0.1) is 0 Å². The first-order valence-corrected chi connectivity index (χ1v) is 6.75. The zero-order valence-electron chi connectivity index (χ0n) is 12.3. The van der Waals surface area contributed by atoms with Gasteiger partial charge in [0.25, 0.3) is 5.91 Å². The third kappa shape index (κ3) is 4.63. The number of hydrogen-bond acceptors (Lipinski definition) is 5. The summed E-state index contributed by atoms with van der Waals surface area (Å²) in [7, 11) is 0. The Labute approximate surface area is 132 Å². The van der Waals surface area contributed by atoms with Gasteiger partial charge in [-0.2, -0.15) is 5.10 Å². The van der Waals surface area contributed by atoms with Crippen molar-refractivity contribution in [2.24, 2.45) is 10.3 Å². The molecule has 2 rings (SSSR count). The van der Waals surface area contributed by atoms with E-state index in [-0.39, 0.29) is 17.2 Å². The Morgan fingerprint density at radius 2 is 1.70 bits per heavy atom. The fourth-order valence-electron chi connectivity index (χ4n) is 1.72. The van der Waals surface area contributed by atoms with Crippen LogP contribution >= 0.6 is 0 Å². The summed E-state index contributed by atoms with van der Waals surface area (Å²) in [5.74, 6) is -0.961. The third-order valence-electron chi connectivity index (χ3n) is 2.89. The molecule has 0 atom stereocenters. The standard InChI is InChI=1S/C16H15FN4O2/c1-11(19-20-14-9-7-12(17)8-10-14)15(21-23)16(22)18-13-5-3-2-4-6-13/h2-10,20,23H,1H3,(H,18,22)/b19-11+,21-15+. The van der Waals surface area contributed by atoms with Crippen molar-refractivity contribution in [3.8, 4) is 0 Å². The number of para-hydroxylation sites is 1. The Hall–Kier alpha value is -3.22. The molecule has 7 heteroatoms. The topological polar surface area (TPSA) is 86.1 Å². The summed E-state index contributed by atoms with van der Waals surface area (Å²) in [6.45, 7) is 1.51. The summed E-state index contributed by atoms with van der Waals surface area (Å²) >= 11 is 0. The second kappa shape index (κ2) is 7.69. The van der Waals surface area contributed by atoms with Crippen molar-refractivity contribution in [2.75, 3.05) is 10.7 Å². The molecule has 0 aromatic heterocycles. The molecule has 6 nitrogen and oxygen atoms in total. The van der Waals surface area contributed by atoms with Crippen LogP contribution in [0.1, 0.15) is 6.92 Å². The fraction of sp³-hybridized carbons (Fsp3) is 0.0625. The number of oxime groups is 1. The quantitative estimate of drug-likeness (QED) is 0.450. The predicted octanol–water partition coefficient (Wildman–Crippen LogP) is 3.08. The van der Waals surface area contributed by atoms with Gasteiger partial charge in [0.1, 0.15) is 5.82 Å². The number of hydrazone groups is 1. The van der Waals surface area contributed by atoms with Crippen LogP contribution in [0.4, 0.5) is 15.8 Å². The lowest BCUT2D eigenvalue weighted by Gasteiger charge is -2.07. The molecule has 0 radical (unpaired) electrons. The normalized spacial score (nSPS) is 11.9. The van der Waals surface area contributed by atoms with Crippen LogP contribution in [0.15, 0.2) is 64.9 Å². The van der Waals surface area contributed by atoms with E-state index >= 15 is 0 Å². The van der Waals surface area contributed by atoms with E-state index in [0.29, 0.717) is 11.4 Å². The average Bonchev–Trinajstić information content (AvgIpc) is 2.56. The Kier molecular flexibility index (Phi) is 5.40. The SMILES string of the molecule is CC(=N\Nc1ccc(F)cc1)/C(=N\O)C(=O)Nc1ccccc1. The number of carbonyl (C=O) groups excluding carboxylic acids is 1. The number of benzene rings is 2. The van der Waals surface area contributed by atoms with Crippen molar-refractivity contribution in [2.45, 2.75) is 6.92 Å². The van der Waals surface area contributed by atoms with E-state index < -0.39 is 5.91 Å². The number of anilines is 2. The summed E-state index contributed by atoms with van der Waals surface area (Å²) < 4.78 is 12.8. The highest BCUT2D eigenvalue weighted by molar-refractivity contribution is 6.68. The van der Waals surface area contributed by atoms with Gasteiger partial charge in [0.05, 0.1) is 11.4 Å². The molecular formula is C16H15FN4O2. The molecule has 118 valence electrons. The molecule has 0 aliphatic heterocycles. The van der Waals surface area contributed by atoms with Gasteiger partial charge in [-0.1, -0.05) is 23.4 Å². The maximum atomic E-state index is 12.8. The molecule has 3 N–H and O–H groups in total. The van der Waals surface area contributed by atoms with E-state index in [9.17, 15) is 9.18 Å². The highest BCUT2D eigenvalue weighted by Crippen LogP contribution is 2.08. The van der Waals surface area contributed by atoms with Gasteiger partial charge in [-0.25, -0.2) is 4.39 Å². The van der Waals surface area contributed by atoms with Gasteiger partial charge in [0.15, 0.2) is 5.71 Å². The lowest BCUT2D eigenvalue weighted by Crippen LogP contribution is -2.29. The Morgan fingerprint density at radius 1 is 1.04 bits per heavy atom.